The standard InChI is InChI=1S/C30H30N4O5/c1-4-5-15-39-22-12-11-21(16-23(22)38-3)27-25(28(35)26-19(2)32-24-10-6-7-14-33(24)26)29(36)30(37)34(27)18-20-9-8-13-31-17-20/h6-14,16-17,27,35H,4-5,15,18H2,1-3H3. The molecule has 1 fully saturated rings. The Morgan fingerprint density at radius 3 is 2.69 bits per heavy atom. The lowest BCUT2D eigenvalue weighted by Crippen LogP contribution is -2.29. The van der Waals surface area contributed by atoms with Crippen LogP contribution in [0.25, 0.3) is 11.4 Å². The van der Waals surface area contributed by atoms with Crippen LogP contribution in [0.4, 0.5) is 0 Å². The highest BCUT2D eigenvalue weighted by Crippen LogP contribution is 2.43. The van der Waals surface area contributed by atoms with E-state index in [1.807, 2.05) is 24.3 Å². The Morgan fingerprint density at radius 2 is 1.95 bits per heavy atom. The van der Waals surface area contributed by atoms with Gasteiger partial charge in [0.15, 0.2) is 17.3 Å². The number of pyridine rings is 2. The van der Waals surface area contributed by atoms with Crippen LogP contribution in [-0.2, 0) is 16.1 Å². The van der Waals surface area contributed by atoms with E-state index in [0.717, 1.165) is 18.4 Å². The summed E-state index contributed by atoms with van der Waals surface area (Å²) in [5, 5.41) is 11.7. The molecule has 1 saturated heterocycles. The number of imidazole rings is 1. The second-order valence-corrected chi connectivity index (χ2v) is 9.38. The van der Waals surface area contributed by atoms with Gasteiger partial charge in [0.1, 0.15) is 11.3 Å². The summed E-state index contributed by atoms with van der Waals surface area (Å²) in [6.45, 7) is 4.51. The smallest absolute Gasteiger partial charge is 0.295 e. The molecule has 4 aromatic rings. The van der Waals surface area contributed by atoms with Gasteiger partial charge in [0.05, 0.1) is 31.0 Å². The van der Waals surface area contributed by atoms with Crippen LogP contribution in [0.1, 0.15) is 48.3 Å². The molecule has 0 saturated carbocycles. The number of hydrogen-bond acceptors (Lipinski definition) is 7. The number of ether oxygens (including phenoxy) is 2. The van der Waals surface area contributed by atoms with Crippen molar-refractivity contribution in [2.24, 2.45) is 0 Å². The zero-order chi connectivity index (χ0) is 27.5. The SMILES string of the molecule is CCCCOc1ccc(C2C(=C(O)c3c(C)nc4ccccn34)C(=O)C(=O)N2Cc2cccnc2)cc1OC. The van der Waals surface area contributed by atoms with Gasteiger partial charge in [-0.15, -0.1) is 0 Å². The largest absolute Gasteiger partial charge is 0.505 e. The summed E-state index contributed by atoms with van der Waals surface area (Å²) in [6.07, 6.45) is 6.94. The minimum absolute atomic E-state index is 0.0145. The van der Waals surface area contributed by atoms with E-state index < -0.39 is 17.7 Å². The normalized spacial score (nSPS) is 16.7. The van der Waals surface area contributed by atoms with Gasteiger partial charge in [-0.05, 0) is 54.8 Å². The summed E-state index contributed by atoms with van der Waals surface area (Å²) in [5.41, 5.74) is 2.86. The monoisotopic (exact) mass is 526 g/mol. The van der Waals surface area contributed by atoms with Crippen LogP contribution >= 0.6 is 0 Å². The number of aliphatic hydroxyl groups is 1. The first kappa shape index (κ1) is 26.0. The Bertz CT molecular complexity index is 1560. The van der Waals surface area contributed by atoms with Crippen LogP contribution < -0.4 is 9.47 Å². The van der Waals surface area contributed by atoms with Gasteiger partial charge in [0.2, 0.25) is 0 Å². The van der Waals surface area contributed by atoms with Crippen LogP contribution in [0.3, 0.4) is 0 Å². The first-order chi connectivity index (χ1) is 18.9. The molecule has 5 rings (SSSR count). The third-order valence-electron chi connectivity index (χ3n) is 6.80. The van der Waals surface area contributed by atoms with Crippen molar-refractivity contribution in [2.45, 2.75) is 39.3 Å². The van der Waals surface area contributed by atoms with Crippen molar-refractivity contribution in [1.82, 2.24) is 19.3 Å². The number of carbonyl (C=O) groups excluding carboxylic acids is 2. The van der Waals surface area contributed by atoms with Gasteiger partial charge in [-0.25, -0.2) is 4.98 Å². The summed E-state index contributed by atoms with van der Waals surface area (Å²) in [4.78, 5) is 37.1. The number of nitrogens with zero attached hydrogens (tertiary/aromatic N) is 4. The third-order valence-corrected chi connectivity index (χ3v) is 6.80. The van der Waals surface area contributed by atoms with Crippen LogP contribution in [-0.4, -0.2) is 49.8 Å². The Balaban J connectivity index is 1.67. The van der Waals surface area contributed by atoms with Crippen molar-refractivity contribution in [3.8, 4) is 11.5 Å². The molecule has 1 amide bonds. The number of aromatic nitrogens is 3. The van der Waals surface area contributed by atoms with Gasteiger partial charge in [-0.3, -0.25) is 19.0 Å². The lowest BCUT2D eigenvalue weighted by Gasteiger charge is -2.26. The summed E-state index contributed by atoms with van der Waals surface area (Å²) in [5.74, 6) is -0.725. The van der Waals surface area contributed by atoms with Crippen LogP contribution in [0, 0.1) is 6.92 Å². The predicted octanol–water partition coefficient (Wildman–Crippen LogP) is 4.85. The number of aryl methyl sites for hydroxylation is 1. The van der Waals surface area contributed by atoms with E-state index in [1.54, 1.807) is 61.3 Å². The van der Waals surface area contributed by atoms with Gasteiger partial charge in [0.25, 0.3) is 11.7 Å². The maximum Gasteiger partial charge on any atom is 0.295 e. The Hall–Kier alpha value is -4.66. The second kappa shape index (κ2) is 11.0. The molecule has 1 aliphatic heterocycles. The van der Waals surface area contributed by atoms with Crippen molar-refractivity contribution in [3.63, 3.8) is 0 Å². The molecule has 3 aromatic heterocycles. The van der Waals surface area contributed by atoms with E-state index in [-0.39, 0.29) is 17.9 Å². The van der Waals surface area contributed by atoms with E-state index >= 15 is 0 Å². The molecule has 1 unspecified atom stereocenters. The molecule has 0 spiro atoms. The van der Waals surface area contributed by atoms with Crippen LogP contribution in [0.15, 0.2) is 72.7 Å². The summed E-state index contributed by atoms with van der Waals surface area (Å²) >= 11 is 0. The van der Waals surface area contributed by atoms with E-state index in [2.05, 4.69) is 16.9 Å². The zero-order valence-electron chi connectivity index (χ0n) is 22.1. The number of rotatable bonds is 9. The highest BCUT2D eigenvalue weighted by Gasteiger charge is 2.47. The van der Waals surface area contributed by atoms with E-state index in [4.69, 9.17) is 9.47 Å². The molecule has 0 radical (unpaired) electrons. The molecule has 200 valence electrons. The molecule has 39 heavy (non-hydrogen) atoms. The molecule has 0 aliphatic carbocycles. The average Bonchev–Trinajstić information content (AvgIpc) is 3.42. The topological polar surface area (TPSA) is 106 Å². The summed E-state index contributed by atoms with van der Waals surface area (Å²) < 4.78 is 13.2. The number of methoxy groups -OCH3 is 1. The van der Waals surface area contributed by atoms with Gasteiger partial charge < -0.3 is 19.5 Å². The second-order valence-electron chi connectivity index (χ2n) is 9.38. The maximum absolute atomic E-state index is 13.6. The molecule has 9 nitrogen and oxygen atoms in total. The molecule has 9 heteroatoms. The van der Waals surface area contributed by atoms with Crippen molar-refractivity contribution in [1.29, 1.82) is 0 Å². The number of fused-ring (bicyclic) bond motifs is 1. The molecule has 1 aliphatic rings. The zero-order valence-corrected chi connectivity index (χ0v) is 22.1. The highest BCUT2D eigenvalue weighted by molar-refractivity contribution is 6.46. The minimum atomic E-state index is -0.877. The molecular formula is C30H30N4O5. The molecule has 1 atom stereocenters. The van der Waals surface area contributed by atoms with Crippen molar-refractivity contribution >= 4 is 23.1 Å². The molecular weight excluding hydrogens is 496 g/mol. The number of amides is 1. The minimum Gasteiger partial charge on any atom is -0.505 e. The average molecular weight is 527 g/mol. The number of likely N-dealkylation sites (tertiary alicyclic amines) is 1. The Kier molecular flexibility index (Phi) is 7.31. The first-order valence-electron chi connectivity index (χ1n) is 12.9. The van der Waals surface area contributed by atoms with Crippen molar-refractivity contribution < 1.29 is 24.2 Å². The van der Waals surface area contributed by atoms with Gasteiger partial charge in [0, 0.05) is 25.1 Å². The summed E-state index contributed by atoms with van der Waals surface area (Å²) in [7, 11) is 1.54. The number of Topliss-reactive ketones (excluding diaryl/α,β-unsaturated/α-hetero) is 1. The van der Waals surface area contributed by atoms with Crippen LogP contribution in [0.2, 0.25) is 0 Å². The molecule has 4 heterocycles. The van der Waals surface area contributed by atoms with Crippen molar-refractivity contribution in [2.75, 3.05) is 13.7 Å². The van der Waals surface area contributed by atoms with Crippen molar-refractivity contribution in [3.05, 3.63) is 95.2 Å². The maximum atomic E-state index is 13.6. The van der Waals surface area contributed by atoms with Gasteiger partial charge in [-0.2, -0.15) is 0 Å². The van der Waals surface area contributed by atoms with E-state index in [9.17, 15) is 14.7 Å². The third kappa shape index (κ3) is 4.83. The predicted molar refractivity (Wildman–Crippen MR) is 145 cm³/mol. The number of carbonyl (C=O) groups is 2. The number of hydrogen-bond donors (Lipinski definition) is 1. The quantitative estimate of drug-likeness (QED) is 0.144. The summed E-state index contributed by atoms with van der Waals surface area (Å²) in [6, 6.07) is 13.5. The fraction of sp³-hybridized carbons (Fsp3) is 0.267. The fourth-order valence-electron chi connectivity index (χ4n) is 4.90. The Morgan fingerprint density at radius 1 is 1.10 bits per heavy atom. The van der Waals surface area contributed by atoms with Gasteiger partial charge >= 0.3 is 0 Å². The van der Waals surface area contributed by atoms with Crippen LogP contribution in [0.5, 0.6) is 11.5 Å². The number of ketones is 1. The molecule has 1 aromatic carbocycles. The molecule has 1 N–H and O–H groups in total. The number of unbranched alkanes of at least 4 members (excludes halogenated alkanes) is 1. The van der Waals surface area contributed by atoms with E-state index in [1.165, 1.54) is 4.90 Å². The number of aliphatic hydroxyl groups excluding tert-OH is 1. The first-order valence-corrected chi connectivity index (χ1v) is 12.9. The Labute approximate surface area is 226 Å². The molecule has 0 bridgehead atoms. The lowest BCUT2D eigenvalue weighted by molar-refractivity contribution is -0.140. The number of benzene rings is 1. The fourth-order valence-corrected chi connectivity index (χ4v) is 4.90. The highest BCUT2D eigenvalue weighted by atomic mass is 16.5. The van der Waals surface area contributed by atoms with Gasteiger partial charge in [-0.1, -0.05) is 31.5 Å². The lowest BCUT2D eigenvalue weighted by atomic mass is 9.95. The van der Waals surface area contributed by atoms with E-state index in [0.29, 0.717) is 40.7 Å².